The molecule has 1 aliphatic rings. The van der Waals surface area contributed by atoms with Gasteiger partial charge in [-0.05, 0) is 45.2 Å². The number of aromatic nitrogens is 4. The van der Waals surface area contributed by atoms with E-state index >= 15 is 0 Å². The predicted octanol–water partition coefficient (Wildman–Crippen LogP) is 2.76. The highest BCUT2D eigenvalue weighted by Crippen LogP contribution is 2.36. The number of thioether (sulfide) groups is 1. The molecule has 0 spiro atoms. The summed E-state index contributed by atoms with van der Waals surface area (Å²) in [4.78, 5) is 12.4. The Morgan fingerprint density at radius 3 is 2.83 bits per heavy atom. The molecule has 6 heteroatoms. The SMILES string of the molecule is Cn1nnnc1SCC(=O)c1ccc2c(c1)Cc1ccccc1-2. The maximum absolute atomic E-state index is 12.4. The van der Waals surface area contributed by atoms with Crippen LogP contribution in [0.2, 0.25) is 0 Å². The van der Waals surface area contributed by atoms with Crippen molar-refractivity contribution in [3.05, 3.63) is 59.2 Å². The normalized spacial score (nSPS) is 12.0. The molecule has 1 aliphatic carbocycles. The number of hydrogen-bond donors (Lipinski definition) is 0. The van der Waals surface area contributed by atoms with Gasteiger partial charge in [0.15, 0.2) is 5.78 Å². The lowest BCUT2D eigenvalue weighted by Crippen LogP contribution is -2.04. The van der Waals surface area contributed by atoms with Crippen molar-refractivity contribution in [1.82, 2.24) is 20.2 Å². The summed E-state index contributed by atoms with van der Waals surface area (Å²) >= 11 is 1.35. The van der Waals surface area contributed by atoms with E-state index in [1.807, 2.05) is 12.1 Å². The number of fused-ring (bicyclic) bond motifs is 3. The van der Waals surface area contributed by atoms with Crippen LogP contribution in [0.15, 0.2) is 47.6 Å². The molecule has 5 nitrogen and oxygen atoms in total. The van der Waals surface area contributed by atoms with Crippen molar-refractivity contribution in [1.29, 1.82) is 0 Å². The molecule has 0 saturated carbocycles. The van der Waals surface area contributed by atoms with Crippen LogP contribution < -0.4 is 0 Å². The van der Waals surface area contributed by atoms with Gasteiger partial charge in [0.05, 0.1) is 5.75 Å². The maximum atomic E-state index is 12.4. The van der Waals surface area contributed by atoms with Crippen LogP contribution in [0.5, 0.6) is 0 Å². The molecule has 0 fully saturated rings. The quantitative estimate of drug-likeness (QED) is 0.427. The van der Waals surface area contributed by atoms with Crippen LogP contribution in [0.4, 0.5) is 0 Å². The van der Waals surface area contributed by atoms with Crippen molar-refractivity contribution in [2.75, 3.05) is 5.75 Å². The van der Waals surface area contributed by atoms with E-state index in [0.717, 1.165) is 12.0 Å². The summed E-state index contributed by atoms with van der Waals surface area (Å²) in [7, 11) is 1.76. The summed E-state index contributed by atoms with van der Waals surface area (Å²) < 4.78 is 1.57. The van der Waals surface area contributed by atoms with Crippen LogP contribution in [0.25, 0.3) is 11.1 Å². The Morgan fingerprint density at radius 1 is 1.17 bits per heavy atom. The molecule has 4 rings (SSSR count). The van der Waals surface area contributed by atoms with Gasteiger partial charge in [-0.2, -0.15) is 0 Å². The molecule has 0 unspecified atom stereocenters. The number of Topliss-reactive ketones (excluding diaryl/α,β-unsaturated/α-hetero) is 1. The minimum atomic E-state index is 0.0942. The second-order valence-corrected chi connectivity index (χ2v) is 6.45. The summed E-state index contributed by atoms with van der Waals surface area (Å²) in [6.45, 7) is 0. The lowest BCUT2D eigenvalue weighted by atomic mass is 10.0. The predicted molar refractivity (Wildman–Crippen MR) is 88.5 cm³/mol. The molecule has 23 heavy (non-hydrogen) atoms. The first-order chi connectivity index (χ1) is 11.2. The third-order valence-electron chi connectivity index (χ3n) is 4.03. The molecular weight excluding hydrogens is 308 g/mol. The number of ketones is 1. The highest BCUT2D eigenvalue weighted by atomic mass is 32.2. The van der Waals surface area contributed by atoms with Crippen LogP contribution in [0.3, 0.4) is 0 Å². The number of rotatable bonds is 4. The Balaban J connectivity index is 1.54. The molecule has 1 heterocycles. The topological polar surface area (TPSA) is 60.7 Å². The zero-order valence-electron chi connectivity index (χ0n) is 12.6. The number of aryl methyl sites for hydroxylation is 1. The van der Waals surface area contributed by atoms with Crippen LogP contribution in [-0.4, -0.2) is 31.7 Å². The molecule has 0 radical (unpaired) electrons. The van der Waals surface area contributed by atoms with Crippen LogP contribution in [-0.2, 0) is 13.5 Å². The standard InChI is InChI=1S/C17H14N4OS/c1-21-17(18-19-20-21)23-10-16(22)12-6-7-15-13(9-12)8-11-4-2-3-5-14(11)15/h2-7,9H,8,10H2,1H3. The van der Waals surface area contributed by atoms with Crippen molar-refractivity contribution >= 4 is 17.5 Å². The molecule has 0 atom stereocenters. The molecule has 0 N–H and O–H groups in total. The van der Waals surface area contributed by atoms with Crippen molar-refractivity contribution in [2.24, 2.45) is 7.05 Å². The number of nitrogens with zero attached hydrogens (tertiary/aromatic N) is 4. The van der Waals surface area contributed by atoms with E-state index in [-0.39, 0.29) is 5.78 Å². The van der Waals surface area contributed by atoms with Crippen LogP contribution in [0, 0.1) is 0 Å². The molecule has 3 aromatic rings. The van der Waals surface area contributed by atoms with E-state index in [2.05, 4.69) is 45.9 Å². The Hall–Kier alpha value is -2.47. The van der Waals surface area contributed by atoms with E-state index in [4.69, 9.17) is 0 Å². The molecule has 0 saturated heterocycles. The van der Waals surface area contributed by atoms with Gasteiger partial charge < -0.3 is 0 Å². The molecular formula is C17H14N4OS. The van der Waals surface area contributed by atoms with Crippen molar-refractivity contribution in [3.8, 4) is 11.1 Å². The second-order valence-electron chi connectivity index (χ2n) is 5.50. The lowest BCUT2D eigenvalue weighted by molar-refractivity contribution is 0.102. The minimum Gasteiger partial charge on any atom is -0.293 e. The average Bonchev–Trinajstić information content (AvgIpc) is 3.15. The van der Waals surface area contributed by atoms with Gasteiger partial charge in [-0.15, -0.1) is 5.10 Å². The summed E-state index contributed by atoms with van der Waals surface area (Å²) in [5.41, 5.74) is 5.82. The zero-order valence-corrected chi connectivity index (χ0v) is 13.4. The van der Waals surface area contributed by atoms with Crippen molar-refractivity contribution < 1.29 is 4.79 Å². The first-order valence-electron chi connectivity index (χ1n) is 7.32. The van der Waals surface area contributed by atoms with Crippen LogP contribution in [0.1, 0.15) is 21.5 Å². The van der Waals surface area contributed by atoms with Crippen LogP contribution >= 0.6 is 11.8 Å². The molecule has 0 amide bonds. The Labute approximate surface area is 137 Å². The second kappa shape index (κ2) is 5.62. The van der Waals surface area contributed by atoms with E-state index in [0.29, 0.717) is 10.9 Å². The first kappa shape index (κ1) is 14.1. The first-order valence-corrected chi connectivity index (χ1v) is 8.30. The third-order valence-corrected chi connectivity index (χ3v) is 5.04. The average molecular weight is 322 g/mol. The third kappa shape index (κ3) is 2.55. The summed E-state index contributed by atoms with van der Waals surface area (Å²) in [5, 5.41) is 11.9. The maximum Gasteiger partial charge on any atom is 0.209 e. The fraction of sp³-hybridized carbons (Fsp3) is 0.176. The van der Waals surface area contributed by atoms with Gasteiger partial charge in [0, 0.05) is 12.6 Å². The summed E-state index contributed by atoms with van der Waals surface area (Å²) in [5.74, 6) is 0.428. The highest BCUT2D eigenvalue weighted by molar-refractivity contribution is 7.99. The van der Waals surface area contributed by atoms with E-state index < -0.39 is 0 Å². The summed E-state index contributed by atoms with van der Waals surface area (Å²) in [6.07, 6.45) is 0.896. The highest BCUT2D eigenvalue weighted by Gasteiger charge is 2.19. The molecule has 1 aromatic heterocycles. The van der Waals surface area contributed by atoms with E-state index in [1.165, 1.54) is 34.0 Å². The van der Waals surface area contributed by atoms with Gasteiger partial charge in [-0.3, -0.25) is 4.79 Å². The minimum absolute atomic E-state index is 0.0942. The Morgan fingerprint density at radius 2 is 2.00 bits per heavy atom. The molecule has 2 aromatic carbocycles. The summed E-state index contributed by atoms with van der Waals surface area (Å²) in [6, 6.07) is 14.4. The van der Waals surface area contributed by atoms with Gasteiger partial charge in [0.1, 0.15) is 0 Å². The largest absolute Gasteiger partial charge is 0.293 e. The van der Waals surface area contributed by atoms with Crippen molar-refractivity contribution in [2.45, 2.75) is 11.6 Å². The van der Waals surface area contributed by atoms with Gasteiger partial charge in [0.25, 0.3) is 0 Å². The Bertz CT molecular complexity index is 903. The van der Waals surface area contributed by atoms with Gasteiger partial charge >= 0.3 is 0 Å². The fourth-order valence-corrected chi connectivity index (χ4v) is 3.62. The number of hydrogen-bond acceptors (Lipinski definition) is 5. The number of tetrazole rings is 1. The zero-order chi connectivity index (χ0) is 15.8. The van der Waals surface area contributed by atoms with E-state index in [9.17, 15) is 4.79 Å². The van der Waals surface area contributed by atoms with E-state index in [1.54, 1.807) is 11.7 Å². The molecule has 0 bridgehead atoms. The number of carbonyl (C=O) groups excluding carboxylic acids is 1. The van der Waals surface area contributed by atoms with Crippen molar-refractivity contribution in [3.63, 3.8) is 0 Å². The van der Waals surface area contributed by atoms with Gasteiger partial charge in [-0.1, -0.05) is 48.2 Å². The lowest BCUT2D eigenvalue weighted by Gasteiger charge is -2.04. The van der Waals surface area contributed by atoms with Gasteiger partial charge in [0.2, 0.25) is 5.16 Å². The molecule has 114 valence electrons. The smallest absolute Gasteiger partial charge is 0.209 e. The number of benzene rings is 2. The number of carbonyl (C=O) groups is 1. The van der Waals surface area contributed by atoms with Gasteiger partial charge in [-0.25, -0.2) is 4.68 Å². The molecule has 0 aliphatic heterocycles. The fourth-order valence-electron chi connectivity index (χ4n) is 2.88. The Kier molecular flexibility index (Phi) is 3.46. The monoisotopic (exact) mass is 322 g/mol.